The van der Waals surface area contributed by atoms with Gasteiger partial charge >= 0.3 is 6.03 Å². The SMILES string of the molecule is Cc1ccc(CN(Cc2ccccc2)C(=O)CN(CC(C)C)C(=O)NC2CCCCC2)o1. The summed E-state index contributed by atoms with van der Waals surface area (Å²) in [6, 6.07) is 13.8. The standard InChI is InChI=1S/C26H37N3O3/c1-20(2)16-29(26(31)27-23-12-8-5-9-13-23)19-25(30)28(17-22-10-6-4-7-11-22)18-24-15-14-21(3)32-24/h4,6-7,10-11,14-15,20,23H,5,8-9,12-13,16-19H2,1-3H3,(H,27,31). The third kappa shape index (κ3) is 7.43. The van der Waals surface area contributed by atoms with Crippen LogP contribution in [0.1, 0.15) is 63.0 Å². The molecule has 0 aliphatic heterocycles. The second-order valence-electron chi connectivity index (χ2n) is 9.31. The van der Waals surface area contributed by atoms with Crippen molar-refractivity contribution in [1.82, 2.24) is 15.1 Å². The predicted octanol–water partition coefficient (Wildman–Crippen LogP) is 5.12. The first-order valence-corrected chi connectivity index (χ1v) is 11.8. The van der Waals surface area contributed by atoms with Crippen LogP contribution in [0.3, 0.4) is 0 Å². The normalized spacial score (nSPS) is 14.4. The monoisotopic (exact) mass is 439 g/mol. The number of nitrogens with one attached hydrogen (secondary N) is 1. The summed E-state index contributed by atoms with van der Waals surface area (Å²) in [5.74, 6) is 1.76. The number of hydrogen-bond acceptors (Lipinski definition) is 3. The maximum absolute atomic E-state index is 13.4. The van der Waals surface area contributed by atoms with Crippen molar-refractivity contribution in [3.63, 3.8) is 0 Å². The molecule has 0 saturated heterocycles. The smallest absolute Gasteiger partial charge is 0.318 e. The van der Waals surface area contributed by atoms with E-state index in [4.69, 9.17) is 4.42 Å². The molecule has 32 heavy (non-hydrogen) atoms. The van der Waals surface area contributed by atoms with Gasteiger partial charge in [-0.15, -0.1) is 0 Å². The van der Waals surface area contributed by atoms with E-state index in [2.05, 4.69) is 19.2 Å². The Balaban J connectivity index is 1.71. The summed E-state index contributed by atoms with van der Waals surface area (Å²) in [6.45, 7) is 7.48. The van der Waals surface area contributed by atoms with E-state index in [1.807, 2.05) is 49.4 Å². The Morgan fingerprint density at radius 2 is 1.72 bits per heavy atom. The van der Waals surface area contributed by atoms with Gasteiger partial charge in [-0.3, -0.25) is 4.79 Å². The molecular formula is C26H37N3O3. The Labute approximate surface area is 192 Å². The number of furan rings is 1. The van der Waals surface area contributed by atoms with Crippen LogP contribution in [0.2, 0.25) is 0 Å². The van der Waals surface area contributed by atoms with Crippen LogP contribution in [0.4, 0.5) is 4.79 Å². The molecule has 1 saturated carbocycles. The maximum atomic E-state index is 13.4. The van der Waals surface area contributed by atoms with Gasteiger partial charge in [0.1, 0.15) is 18.1 Å². The van der Waals surface area contributed by atoms with E-state index in [-0.39, 0.29) is 30.4 Å². The topological polar surface area (TPSA) is 65.8 Å². The van der Waals surface area contributed by atoms with Gasteiger partial charge in [-0.05, 0) is 43.4 Å². The molecular weight excluding hydrogens is 402 g/mol. The van der Waals surface area contributed by atoms with Crippen LogP contribution >= 0.6 is 0 Å². The minimum Gasteiger partial charge on any atom is -0.464 e. The van der Waals surface area contributed by atoms with Crippen molar-refractivity contribution >= 4 is 11.9 Å². The van der Waals surface area contributed by atoms with Crippen LogP contribution in [0.25, 0.3) is 0 Å². The van der Waals surface area contributed by atoms with E-state index in [1.165, 1.54) is 6.42 Å². The van der Waals surface area contributed by atoms with Crippen molar-refractivity contribution in [3.05, 3.63) is 59.5 Å². The minimum atomic E-state index is -0.132. The van der Waals surface area contributed by atoms with E-state index >= 15 is 0 Å². The molecule has 2 aromatic rings. The van der Waals surface area contributed by atoms with Crippen molar-refractivity contribution in [2.45, 2.75) is 72.0 Å². The molecule has 1 heterocycles. The fraction of sp³-hybridized carbons (Fsp3) is 0.538. The number of aryl methyl sites for hydroxylation is 1. The summed E-state index contributed by atoms with van der Waals surface area (Å²) < 4.78 is 5.73. The summed E-state index contributed by atoms with van der Waals surface area (Å²) in [5, 5.41) is 3.17. The van der Waals surface area contributed by atoms with E-state index in [0.717, 1.165) is 42.8 Å². The second-order valence-corrected chi connectivity index (χ2v) is 9.31. The van der Waals surface area contributed by atoms with Crippen LogP contribution < -0.4 is 5.32 Å². The number of carbonyl (C=O) groups excluding carboxylic acids is 2. The lowest BCUT2D eigenvalue weighted by Crippen LogP contribution is -2.50. The molecule has 3 amide bonds. The zero-order chi connectivity index (χ0) is 22.9. The fourth-order valence-corrected chi connectivity index (χ4v) is 4.23. The Morgan fingerprint density at radius 1 is 1.00 bits per heavy atom. The van der Waals surface area contributed by atoms with Crippen molar-refractivity contribution in [1.29, 1.82) is 0 Å². The molecule has 0 bridgehead atoms. The van der Waals surface area contributed by atoms with Crippen LogP contribution in [-0.2, 0) is 17.9 Å². The Morgan fingerprint density at radius 3 is 2.34 bits per heavy atom. The maximum Gasteiger partial charge on any atom is 0.318 e. The average molecular weight is 440 g/mol. The molecule has 3 rings (SSSR count). The summed E-state index contributed by atoms with van der Waals surface area (Å²) in [7, 11) is 0. The highest BCUT2D eigenvalue weighted by atomic mass is 16.3. The highest BCUT2D eigenvalue weighted by molar-refractivity contribution is 5.84. The number of urea groups is 1. The molecule has 1 aromatic carbocycles. The van der Waals surface area contributed by atoms with Crippen molar-refractivity contribution in [3.8, 4) is 0 Å². The van der Waals surface area contributed by atoms with Crippen LogP contribution in [0, 0.1) is 12.8 Å². The van der Waals surface area contributed by atoms with Gasteiger partial charge in [0.15, 0.2) is 0 Å². The zero-order valence-corrected chi connectivity index (χ0v) is 19.7. The van der Waals surface area contributed by atoms with E-state index in [0.29, 0.717) is 19.6 Å². The molecule has 1 aliphatic rings. The molecule has 0 spiro atoms. The molecule has 6 heteroatoms. The molecule has 0 unspecified atom stereocenters. The molecule has 1 N–H and O–H groups in total. The van der Waals surface area contributed by atoms with Gasteiger partial charge in [0.05, 0.1) is 6.54 Å². The highest BCUT2D eigenvalue weighted by Gasteiger charge is 2.25. The Kier molecular flexibility index (Phi) is 8.77. The van der Waals surface area contributed by atoms with Gasteiger partial charge in [0, 0.05) is 19.1 Å². The van der Waals surface area contributed by atoms with Crippen LogP contribution in [0.5, 0.6) is 0 Å². The quantitative estimate of drug-likeness (QED) is 0.590. The van der Waals surface area contributed by atoms with Gasteiger partial charge in [0.25, 0.3) is 0 Å². The summed E-state index contributed by atoms with van der Waals surface area (Å²) >= 11 is 0. The molecule has 1 aromatic heterocycles. The first-order valence-electron chi connectivity index (χ1n) is 11.8. The second kappa shape index (κ2) is 11.7. The molecule has 0 atom stereocenters. The highest BCUT2D eigenvalue weighted by Crippen LogP contribution is 2.18. The molecule has 174 valence electrons. The molecule has 1 fully saturated rings. The molecule has 1 aliphatic carbocycles. The number of nitrogens with zero attached hydrogens (tertiary/aromatic N) is 2. The van der Waals surface area contributed by atoms with Crippen molar-refractivity contribution < 1.29 is 14.0 Å². The van der Waals surface area contributed by atoms with E-state index in [1.54, 1.807) is 9.80 Å². The lowest BCUT2D eigenvalue weighted by molar-refractivity contribution is -0.133. The lowest BCUT2D eigenvalue weighted by Gasteiger charge is -2.31. The average Bonchev–Trinajstić information content (AvgIpc) is 3.18. The largest absolute Gasteiger partial charge is 0.464 e. The fourth-order valence-electron chi connectivity index (χ4n) is 4.23. The van der Waals surface area contributed by atoms with E-state index < -0.39 is 0 Å². The van der Waals surface area contributed by atoms with Gasteiger partial charge < -0.3 is 19.5 Å². The number of benzene rings is 1. The van der Waals surface area contributed by atoms with Crippen molar-refractivity contribution in [2.75, 3.05) is 13.1 Å². The lowest BCUT2D eigenvalue weighted by atomic mass is 9.96. The predicted molar refractivity (Wildman–Crippen MR) is 126 cm³/mol. The number of rotatable bonds is 9. The van der Waals surface area contributed by atoms with Gasteiger partial charge in [-0.1, -0.05) is 63.4 Å². The van der Waals surface area contributed by atoms with Crippen LogP contribution in [-0.4, -0.2) is 40.9 Å². The van der Waals surface area contributed by atoms with Crippen LogP contribution in [0.15, 0.2) is 46.9 Å². The number of carbonyl (C=O) groups is 2. The third-order valence-electron chi connectivity index (χ3n) is 5.84. The Bertz CT molecular complexity index is 856. The summed E-state index contributed by atoms with van der Waals surface area (Å²) in [4.78, 5) is 29.9. The van der Waals surface area contributed by atoms with Crippen molar-refractivity contribution in [2.24, 2.45) is 5.92 Å². The Hall–Kier alpha value is -2.76. The van der Waals surface area contributed by atoms with Gasteiger partial charge in [-0.25, -0.2) is 4.79 Å². The number of amides is 3. The summed E-state index contributed by atoms with van der Waals surface area (Å²) in [6.07, 6.45) is 5.59. The molecule has 0 radical (unpaired) electrons. The first kappa shape index (κ1) is 23.9. The zero-order valence-electron chi connectivity index (χ0n) is 19.7. The van der Waals surface area contributed by atoms with Gasteiger partial charge in [0.2, 0.25) is 5.91 Å². The van der Waals surface area contributed by atoms with E-state index in [9.17, 15) is 9.59 Å². The molecule has 6 nitrogen and oxygen atoms in total. The first-order chi connectivity index (χ1) is 15.4. The summed E-state index contributed by atoms with van der Waals surface area (Å²) in [5.41, 5.74) is 1.05. The third-order valence-corrected chi connectivity index (χ3v) is 5.84. The number of hydrogen-bond donors (Lipinski definition) is 1. The van der Waals surface area contributed by atoms with Gasteiger partial charge in [-0.2, -0.15) is 0 Å². The minimum absolute atomic E-state index is 0.0588.